The average molecular weight is 795 g/mol. The number of ether oxygens (including phenoxy) is 3. The SMILES string of the molecule is CCC1CC2CN(CCc3c([nH]c4ccccc34)[C@@](COC=O)(c3cc4c(cc3CO)N(C)[C@H]3C(O)(C(=O)OC)[C@H](OC(C)=O)[C@]5(CC)C=CCN6CC[C@]43[C@@H]65)C2)C1. The van der Waals surface area contributed by atoms with Crippen LogP contribution in [0.3, 0.4) is 0 Å². The van der Waals surface area contributed by atoms with E-state index in [4.69, 9.17) is 14.2 Å². The molecule has 1 spiro atoms. The number of benzene rings is 2. The highest BCUT2D eigenvalue weighted by molar-refractivity contribution is 5.88. The van der Waals surface area contributed by atoms with Gasteiger partial charge in [0.1, 0.15) is 6.61 Å². The molecule has 6 aliphatic rings. The Morgan fingerprint density at radius 2 is 1.90 bits per heavy atom. The highest BCUT2D eigenvalue weighted by Crippen LogP contribution is 2.68. The third-order valence-electron chi connectivity index (χ3n) is 15.6. The standard InChI is InChI=1S/C46H58N4O8/c1-6-29-19-30-22-44(26-57-27-52,38-33(13-17-49(23-29)24-30)32-11-8-9-12-36(32)47-38)34-21-35-37(20-31(34)25-51)48(4)40-45(35)15-18-50-16-10-14-43(7-2,39(45)50)41(58-28(3)53)46(40,55)42(54)56-5/h8-12,14,20-21,27,29-30,39-41,47,51,55H,6-7,13,15-19,22-26H2,1-5H3/t29?,30?,39-,40+,41+,43+,44-,45+,46?/m0/s1. The van der Waals surface area contributed by atoms with Gasteiger partial charge in [-0.3, -0.25) is 14.5 Å². The van der Waals surface area contributed by atoms with Crippen molar-refractivity contribution in [1.82, 2.24) is 14.8 Å². The van der Waals surface area contributed by atoms with Crippen LogP contribution < -0.4 is 4.90 Å². The second-order valence-electron chi connectivity index (χ2n) is 18.2. The normalized spacial score (nSPS) is 36.2. The zero-order valence-corrected chi connectivity index (χ0v) is 34.5. The maximum absolute atomic E-state index is 14.4. The molecule has 12 heteroatoms. The van der Waals surface area contributed by atoms with Gasteiger partial charge in [0, 0.05) is 79.3 Å². The van der Waals surface area contributed by atoms with Crippen LogP contribution in [0.4, 0.5) is 5.69 Å². The molecule has 9 rings (SSSR count). The molecule has 2 aromatic carbocycles. The molecule has 1 saturated carbocycles. The monoisotopic (exact) mass is 794 g/mol. The van der Waals surface area contributed by atoms with Gasteiger partial charge in [-0.05, 0) is 84.9 Å². The molecule has 1 aromatic heterocycles. The number of rotatable bonds is 9. The summed E-state index contributed by atoms with van der Waals surface area (Å²) in [6.07, 6.45) is 7.65. The zero-order chi connectivity index (χ0) is 40.8. The minimum atomic E-state index is -2.26. The number of aliphatic hydroxyl groups is 2. The molecule has 6 heterocycles. The van der Waals surface area contributed by atoms with E-state index in [0.29, 0.717) is 50.3 Å². The number of para-hydroxylation sites is 1. The van der Waals surface area contributed by atoms with Crippen molar-refractivity contribution in [2.45, 2.75) is 101 Å². The van der Waals surface area contributed by atoms with Crippen molar-refractivity contribution in [2.24, 2.45) is 17.3 Å². The summed E-state index contributed by atoms with van der Waals surface area (Å²) in [6.45, 7) is 10.2. The van der Waals surface area contributed by atoms with Gasteiger partial charge in [0.15, 0.2) is 6.10 Å². The number of aromatic amines is 1. The van der Waals surface area contributed by atoms with Crippen LogP contribution in [0.5, 0.6) is 0 Å². The number of aromatic nitrogens is 1. The molecular formula is C46H58N4O8. The summed E-state index contributed by atoms with van der Waals surface area (Å²) in [5.74, 6) is -0.619. The average Bonchev–Trinajstić information content (AvgIpc) is 3.89. The van der Waals surface area contributed by atoms with Gasteiger partial charge in [0.2, 0.25) is 5.60 Å². The van der Waals surface area contributed by atoms with Crippen molar-refractivity contribution in [3.63, 3.8) is 0 Å². The van der Waals surface area contributed by atoms with E-state index in [1.54, 1.807) is 0 Å². The minimum absolute atomic E-state index is 0.0689. The summed E-state index contributed by atoms with van der Waals surface area (Å²) in [6, 6.07) is 11.5. The number of piperidine rings is 1. The van der Waals surface area contributed by atoms with Crippen LogP contribution in [0.15, 0.2) is 48.6 Å². The van der Waals surface area contributed by atoms with E-state index >= 15 is 0 Å². The first-order valence-electron chi connectivity index (χ1n) is 21.3. The van der Waals surface area contributed by atoms with Gasteiger partial charge in [-0.25, -0.2) is 4.79 Å². The lowest BCUT2D eigenvalue weighted by Crippen LogP contribution is -2.81. The van der Waals surface area contributed by atoms with E-state index in [0.717, 1.165) is 72.3 Å². The van der Waals surface area contributed by atoms with Crippen molar-refractivity contribution in [3.8, 4) is 0 Å². The number of carbonyl (C=O) groups excluding carboxylic acids is 3. The topological polar surface area (TPSA) is 145 Å². The van der Waals surface area contributed by atoms with Crippen LogP contribution >= 0.6 is 0 Å². The number of likely N-dealkylation sites (N-methyl/N-ethyl adjacent to an activating group) is 1. The molecule has 12 nitrogen and oxygen atoms in total. The highest BCUT2D eigenvalue weighted by atomic mass is 16.6. The molecule has 3 fully saturated rings. The van der Waals surface area contributed by atoms with Gasteiger partial charge >= 0.3 is 11.9 Å². The maximum atomic E-state index is 14.4. The molecule has 310 valence electrons. The third-order valence-corrected chi connectivity index (χ3v) is 15.6. The van der Waals surface area contributed by atoms with Gasteiger partial charge in [-0.2, -0.15) is 0 Å². The second kappa shape index (κ2) is 14.2. The number of carbonyl (C=O) groups is 3. The molecule has 0 radical (unpaired) electrons. The van der Waals surface area contributed by atoms with Crippen LogP contribution in [0, 0.1) is 17.3 Å². The number of methoxy groups -OCH3 is 1. The van der Waals surface area contributed by atoms with E-state index in [1.807, 2.05) is 31.0 Å². The number of nitrogens with zero attached hydrogens (tertiary/aromatic N) is 3. The highest BCUT2D eigenvalue weighted by Gasteiger charge is 2.80. The van der Waals surface area contributed by atoms with E-state index in [2.05, 4.69) is 58.1 Å². The molecule has 5 aliphatic heterocycles. The van der Waals surface area contributed by atoms with Crippen molar-refractivity contribution in [3.05, 3.63) is 76.5 Å². The van der Waals surface area contributed by atoms with Crippen LogP contribution in [0.25, 0.3) is 10.9 Å². The van der Waals surface area contributed by atoms with Crippen LogP contribution in [0.2, 0.25) is 0 Å². The Kier molecular flexibility index (Phi) is 9.61. The fraction of sp³-hybridized carbons (Fsp3) is 0.587. The van der Waals surface area contributed by atoms with Crippen LogP contribution in [0.1, 0.15) is 80.8 Å². The number of fused-ring (bicyclic) bond motifs is 6. The molecule has 1 aliphatic carbocycles. The lowest BCUT2D eigenvalue weighted by Gasteiger charge is -2.63. The third kappa shape index (κ3) is 5.23. The summed E-state index contributed by atoms with van der Waals surface area (Å²) in [5, 5.41) is 26.0. The number of anilines is 1. The van der Waals surface area contributed by atoms with E-state index < -0.39 is 45.9 Å². The predicted molar refractivity (Wildman–Crippen MR) is 218 cm³/mol. The van der Waals surface area contributed by atoms with E-state index in [9.17, 15) is 24.6 Å². The Morgan fingerprint density at radius 3 is 2.62 bits per heavy atom. The van der Waals surface area contributed by atoms with Crippen molar-refractivity contribution in [2.75, 3.05) is 58.4 Å². The van der Waals surface area contributed by atoms with Crippen LogP contribution in [-0.4, -0.2) is 121 Å². The van der Waals surface area contributed by atoms with Gasteiger partial charge < -0.3 is 39.2 Å². The second-order valence-corrected chi connectivity index (χ2v) is 18.2. The zero-order valence-electron chi connectivity index (χ0n) is 34.5. The summed E-state index contributed by atoms with van der Waals surface area (Å²) in [7, 11) is 3.16. The lowest BCUT2D eigenvalue weighted by molar-refractivity contribution is -0.228. The van der Waals surface area contributed by atoms with E-state index in [-0.39, 0.29) is 25.2 Å². The lowest BCUT2D eigenvalue weighted by atomic mass is 9.47. The van der Waals surface area contributed by atoms with Crippen molar-refractivity contribution >= 4 is 35.0 Å². The van der Waals surface area contributed by atoms with Gasteiger partial charge in [0.25, 0.3) is 6.47 Å². The van der Waals surface area contributed by atoms with E-state index in [1.165, 1.54) is 19.6 Å². The van der Waals surface area contributed by atoms with Crippen molar-refractivity contribution in [1.29, 1.82) is 0 Å². The predicted octanol–water partition coefficient (Wildman–Crippen LogP) is 4.36. The van der Waals surface area contributed by atoms with Gasteiger partial charge in [-0.15, -0.1) is 0 Å². The fourth-order valence-corrected chi connectivity index (χ4v) is 13.6. The number of hydrogen-bond acceptors (Lipinski definition) is 11. The first-order valence-corrected chi connectivity index (χ1v) is 21.3. The Morgan fingerprint density at radius 1 is 1.09 bits per heavy atom. The minimum Gasteiger partial charge on any atom is -0.467 e. The molecule has 3 N–H and O–H groups in total. The summed E-state index contributed by atoms with van der Waals surface area (Å²) < 4.78 is 17.6. The van der Waals surface area contributed by atoms with Gasteiger partial charge in [0.05, 0.1) is 25.2 Å². The molecular weight excluding hydrogens is 737 g/mol. The quantitative estimate of drug-likeness (QED) is 0.123. The number of aliphatic hydroxyl groups excluding tert-OH is 1. The van der Waals surface area contributed by atoms with Gasteiger partial charge in [-0.1, -0.05) is 56.7 Å². The molecule has 0 amide bonds. The molecule has 58 heavy (non-hydrogen) atoms. The number of hydrogen-bond donors (Lipinski definition) is 3. The largest absolute Gasteiger partial charge is 0.467 e. The van der Waals surface area contributed by atoms with Crippen LogP contribution in [-0.2, 0) is 52.5 Å². The fourth-order valence-electron chi connectivity index (χ4n) is 13.6. The number of nitrogens with one attached hydrogen (secondary N) is 1. The first kappa shape index (κ1) is 39.2. The Bertz CT molecular complexity index is 2170. The molecule has 10 atom stereocenters. The number of esters is 2. The summed E-state index contributed by atoms with van der Waals surface area (Å²) >= 11 is 0. The smallest absolute Gasteiger partial charge is 0.344 e. The first-order chi connectivity index (χ1) is 28.0. The van der Waals surface area contributed by atoms with Crippen molar-refractivity contribution < 1.29 is 38.8 Å². The summed E-state index contributed by atoms with van der Waals surface area (Å²) in [5.41, 5.74) is 1.63. The molecule has 4 unspecified atom stereocenters. The Balaban J connectivity index is 1.35. The maximum Gasteiger partial charge on any atom is 0.344 e. The molecule has 3 aromatic rings. The Hall–Kier alpha value is -4.23. The summed E-state index contributed by atoms with van der Waals surface area (Å²) in [4.78, 5) is 50.7. The molecule has 2 bridgehead atoms. The number of H-pyrrole nitrogens is 1. The molecule has 2 saturated heterocycles. The Labute approximate surface area is 340 Å².